The number of aromatic hydroxyl groups is 1. The minimum Gasteiger partial charge on any atom is -0.504 e. The van der Waals surface area contributed by atoms with Gasteiger partial charge in [-0.15, -0.1) is 5.10 Å². The molecule has 0 saturated heterocycles. The Morgan fingerprint density at radius 2 is 2.04 bits per heavy atom. The Hall–Kier alpha value is -3.55. The SMILES string of the molecule is COc1cc(C(=O)NNC(C)=Cn2nnc3ccccc32)ccc1O. The lowest BCUT2D eigenvalue weighted by Crippen LogP contribution is -2.36. The highest BCUT2D eigenvalue weighted by Crippen LogP contribution is 2.26. The molecule has 0 fully saturated rings. The number of fused-ring (bicyclic) bond motifs is 1. The monoisotopic (exact) mass is 339 g/mol. The summed E-state index contributed by atoms with van der Waals surface area (Å²) in [5.74, 6) is -0.162. The second-order valence-electron chi connectivity index (χ2n) is 5.30. The van der Waals surface area contributed by atoms with Gasteiger partial charge in [0.25, 0.3) is 5.91 Å². The first-order chi connectivity index (χ1) is 12.1. The molecule has 8 nitrogen and oxygen atoms in total. The van der Waals surface area contributed by atoms with Crippen LogP contribution in [0.2, 0.25) is 0 Å². The summed E-state index contributed by atoms with van der Waals surface area (Å²) in [5.41, 5.74) is 8.03. The average molecular weight is 339 g/mol. The maximum atomic E-state index is 12.2. The fourth-order valence-electron chi connectivity index (χ4n) is 2.24. The molecule has 1 heterocycles. The lowest BCUT2D eigenvalue weighted by Gasteiger charge is -2.10. The zero-order chi connectivity index (χ0) is 17.8. The fraction of sp³-hybridized carbons (Fsp3) is 0.118. The van der Waals surface area contributed by atoms with E-state index in [9.17, 15) is 9.90 Å². The molecule has 0 radical (unpaired) electrons. The summed E-state index contributed by atoms with van der Waals surface area (Å²) < 4.78 is 6.61. The number of rotatable bonds is 5. The Balaban J connectivity index is 1.69. The number of carbonyl (C=O) groups excluding carboxylic acids is 1. The third-order valence-electron chi connectivity index (χ3n) is 3.51. The van der Waals surface area contributed by atoms with Crippen molar-refractivity contribution >= 4 is 23.1 Å². The van der Waals surface area contributed by atoms with E-state index >= 15 is 0 Å². The number of phenols is 1. The summed E-state index contributed by atoms with van der Waals surface area (Å²) >= 11 is 0. The van der Waals surface area contributed by atoms with Crippen molar-refractivity contribution < 1.29 is 14.6 Å². The van der Waals surface area contributed by atoms with Crippen molar-refractivity contribution in [2.24, 2.45) is 0 Å². The highest BCUT2D eigenvalue weighted by molar-refractivity contribution is 5.94. The van der Waals surface area contributed by atoms with E-state index in [0.717, 1.165) is 11.0 Å². The zero-order valence-electron chi connectivity index (χ0n) is 13.7. The molecule has 3 N–H and O–H groups in total. The lowest BCUT2D eigenvalue weighted by molar-refractivity contribution is 0.0938. The van der Waals surface area contributed by atoms with Crippen molar-refractivity contribution in [2.75, 3.05) is 7.11 Å². The summed E-state index contributed by atoms with van der Waals surface area (Å²) in [6.45, 7) is 1.79. The largest absolute Gasteiger partial charge is 0.504 e. The third kappa shape index (κ3) is 3.52. The molecule has 8 heteroatoms. The van der Waals surface area contributed by atoms with E-state index in [-0.39, 0.29) is 17.4 Å². The molecule has 3 rings (SSSR count). The van der Waals surface area contributed by atoms with Crippen LogP contribution in [0.1, 0.15) is 17.3 Å². The van der Waals surface area contributed by atoms with E-state index in [1.165, 1.54) is 25.3 Å². The predicted molar refractivity (Wildman–Crippen MR) is 92.7 cm³/mol. The van der Waals surface area contributed by atoms with Crippen LogP contribution in [0.15, 0.2) is 48.2 Å². The van der Waals surface area contributed by atoms with Crippen LogP contribution in [-0.2, 0) is 0 Å². The second kappa shape index (κ2) is 6.91. The number of para-hydroxylation sites is 1. The van der Waals surface area contributed by atoms with E-state index in [0.29, 0.717) is 11.3 Å². The summed E-state index contributed by atoms with van der Waals surface area (Å²) in [6.07, 6.45) is 1.72. The molecule has 0 bridgehead atoms. The highest BCUT2D eigenvalue weighted by Gasteiger charge is 2.09. The number of hydrogen-bond donors (Lipinski definition) is 3. The van der Waals surface area contributed by atoms with Crippen molar-refractivity contribution in [3.8, 4) is 11.5 Å². The van der Waals surface area contributed by atoms with Gasteiger partial charge in [-0.2, -0.15) is 0 Å². The first kappa shape index (κ1) is 16.3. The van der Waals surface area contributed by atoms with E-state index in [4.69, 9.17) is 4.74 Å². The van der Waals surface area contributed by atoms with Crippen molar-refractivity contribution in [1.82, 2.24) is 25.8 Å². The van der Waals surface area contributed by atoms with Gasteiger partial charge >= 0.3 is 0 Å². The van der Waals surface area contributed by atoms with E-state index < -0.39 is 0 Å². The van der Waals surface area contributed by atoms with Gasteiger partial charge in [0.05, 0.1) is 18.8 Å². The normalized spacial score (nSPS) is 11.4. The number of nitrogens with one attached hydrogen (secondary N) is 2. The standard InChI is InChI=1S/C17H17N5O3/c1-11(10-22-14-6-4-3-5-13(14)19-21-22)18-20-17(24)12-7-8-15(23)16(9-12)25-2/h3-10,18,23H,1-2H3,(H,20,24). The number of aromatic nitrogens is 3. The molecule has 25 heavy (non-hydrogen) atoms. The molecule has 3 aromatic rings. The van der Waals surface area contributed by atoms with Crippen LogP contribution in [0, 0.1) is 0 Å². The number of hydrogen-bond acceptors (Lipinski definition) is 6. The highest BCUT2D eigenvalue weighted by atomic mass is 16.5. The van der Waals surface area contributed by atoms with Crippen LogP contribution in [0.4, 0.5) is 0 Å². The van der Waals surface area contributed by atoms with Gasteiger partial charge in [-0.3, -0.25) is 10.2 Å². The molecule has 0 aliphatic heterocycles. The Kier molecular flexibility index (Phi) is 4.51. The minimum absolute atomic E-state index is 0.0267. The molecule has 0 saturated carbocycles. The molecule has 1 aromatic heterocycles. The average Bonchev–Trinajstić information content (AvgIpc) is 3.03. The Bertz CT molecular complexity index is 948. The number of ether oxygens (including phenoxy) is 1. The predicted octanol–water partition coefficient (Wildman–Crippen LogP) is 1.90. The molecule has 1 amide bonds. The van der Waals surface area contributed by atoms with Gasteiger partial charge < -0.3 is 15.3 Å². The third-order valence-corrected chi connectivity index (χ3v) is 3.51. The topological polar surface area (TPSA) is 101 Å². The zero-order valence-corrected chi connectivity index (χ0v) is 13.7. The first-order valence-electron chi connectivity index (χ1n) is 7.50. The quantitative estimate of drug-likeness (QED) is 0.614. The van der Waals surface area contributed by atoms with Gasteiger partial charge in [0.2, 0.25) is 0 Å². The number of amides is 1. The second-order valence-corrected chi connectivity index (χ2v) is 5.30. The number of methoxy groups -OCH3 is 1. The molecule has 0 aliphatic carbocycles. The van der Waals surface area contributed by atoms with E-state index in [1.54, 1.807) is 17.8 Å². The Labute approximate surface area is 143 Å². The van der Waals surface area contributed by atoms with Crippen LogP contribution < -0.4 is 15.6 Å². The fourth-order valence-corrected chi connectivity index (χ4v) is 2.24. The first-order valence-corrected chi connectivity index (χ1v) is 7.50. The van der Waals surface area contributed by atoms with Gasteiger partial charge in [-0.05, 0) is 37.3 Å². The number of benzene rings is 2. The maximum absolute atomic E-state index is 12.2. The molecule has 0 unspecified atom stereocenters. The van der Waals surface area contributed by atoms with Crippen molar-refractivity contribution in [2.45, 2.75) is 6.92 Å². The van der Waals surface area contributed by atoms with Gasteiger partial charge in [0.1, 0.15) is 5.52 Å². The molecular formula is C17H17N5O3. The van der Waals surface area contributed by atoms with E-state index in [1.807, 2.05) is 24.3 Å². The summed E-state index contributed by atoms with van der Waals surface area (Å²) in [5, 5.41) is 17.7. The molecule has 128 valence electrons. The Morgan fingerprint density at radius 3 is 2.84 bits per heavy atom. The molecule has 2 aromatic carbocycles. The van der Waals surface area contributed by atoms with Crippen molar-refractivity contribution in [3.63, 3.8) is 0 Å². The number of hydrazine groups is 1. The Morgan fingerprint density at radius 1 is 1.24 bits per heavy atom. The molecule has 0 aliphatic rings. The van der Waals surface area contributed by atoms with Gasteiger partial charge in [0, 0.05) is 11.3 Å². The van der Waals surface area contributed by atoms with Gasteiger partial charge in [-0.1, -0.05) is 17.3 Å². The van der Waals surface area contributed by atoms with Crippen LogP contribution in [0.25, 0.3) is 17.2 Å². The molecule has 0 atom stereocenters. The summed E-state index contributed by atoms with van der Waals surface area (Å²) in [6, 6.07) is 11.9. The van der Waals surface area contributed by atoms with E-state index in [2.05, 4.69) is 21.2 Å². The van der Waals surface area contributed by atoms with Crippen LogP contribution in [0.5, 0.6) is 11.5 Å². The smallest absolute Gasteiger partial charge is 0.269 e. The minimum atomic E-state index is -0.366. The molecular weight excluding hydrogens is 322 g/mol. The van der Waals surface area contributed by atoms with Crippen LogP contribution >= 0.6 is 0 Å². The summed E-state index contributed by atoms with van der Waals surface area (Å²) in [4.78, 5) is 12.2. The summed E-state index contributed by atoms with van der Waals surface area (Å²) in [7, 11) is 1.42. The number of allylic oxidation sites excluding steroid dienone is 1. The number of phenolic OH excluding ortho intramolecular Hbond substituents is 1. The maximum Gasteiger partial charge on any atom is 0.269 e. The van der Waals surface area contributed by atoms with Crippen molar-refractivity contribution in [3.05, 3.63) is 53.7 Å². The van der Waals surface area contributed by atoms with Crippen LogP contribution in [-0.4, -0.2) is 33.1 Å². The van der Waals surface area contributed by atoms with Gasteiger partial charge in [0.15, 0.2) is 11.5 Å². The number of carbonyl (C=O) groups is 1. The molecule has 0 spiro atoms. The number of nitrogens with zero attached hydrogens (tertiary/aromatic N) is 3. The lowest BCUT2D eigenvalue weighted by atomic mass is 10.2. The van der Waals surface area contributed by atoms with Crippen molar-refractivity contribution in [1.29, 1.82) is 0 Å². The van der Waals surface area contributed by atoms with Gasteiger partial charge in [-0.25, -0.2) is 4.68 Å². The van der Waals surface area contributed by atoms with Crippen LogP contribution in [0.3, 0.4) is 0 Å².